The number of esters is 1. The van der Waals surface area contributed by atoms with Gasteiger partial charge in [0.1, 0.15) is 0 Å². The van der Waals surface area contributed by atoms with Gasteiger partial charge in [0.25, 0.3) is 0 Å². The average Bonchev–Trinajstić information content (AvgIpc) is 2.09. The molecule has 2 heteroatoms. The molecule has 0 rings (SSSR count). The first-order valence-electron chi connectivity index (χ1n) is 4.64. The fourth-order valence-corrected chi connectivity index (χ4v) is 0.787. The van der Waals surface area contributed by atoms with Gasteiger partial charge in [0, 0.05) is 6.08 Å². The maximum atomic E-state index is 10.9. The summed E-state index contributed by atoms with van der Waals surface area (Å²) < 4.78 is 4.92. The lowest BCUT2D eigenvalue weighted by molar-refractivity contribution is -0.137. The molecule has 0 aliphatic heterocycles. The summed E-state index contributed by atoms with van der Waals surface area (Å²) >= 11 is 0. The normalized spacial score (nSPS) is 10.5. The number of rotatable bonds is 6. The van der Waals surface area contributed by atoms with Gasteiger partial charge in [-0.25, -0.2) is 4.79 Å². The van der Waals surface area contributed by atoms with Gasteiger partial charge in [-0.1, -0.05) is 32.8 Å². The van der Waals surface area contributed by atoms with Crippen molar-refractivity contribution in [2.45, 2.75) is 39.5 Å². The zero-order chi connectivity index (χ0) is 9.23. The minimum atomic E-state index is -0.215. The molecule has 0 spiro atoms. The number of hydrogen-bond donors (Lipinski definition) is 0. The highest BCUT2D eigenvalue weighted by Gasteiger charge is 1.94. The van der Waals surface area contributed by atoms with E-state index in [1.807, 2.05) is 13.0 Å². The second kappa shape index (κ2) is 8.31. The summed E-state index contributed by atoms with van der Waals surface area (Å²) in [5, 5.41) is 0. The molecule has 0 aromatic carbocycles. The predicted molar refractivity (Wildman–Crippen MR) is 49.9 cm³/mol. The van der Waals surface area contributed by atoms with Gasteiger partial charge >= 0.3 is 5.97 Å². The Morgan fingerprint density at radius 2 is 2.08 bits per heavy atom. The molecule has 0 fully saturated rings. The molecule has 2 nitrogen and oxygen atoms in total. The van der Waals surface area contributed by atoms with Crippen LogP contribution < -0.4 is 0 Å². The van der Waals surface area contributed by atoms with Crippen LogP contribution in [0.3, 0.4) is 0 Å². The molecule has 0 aliphatic carbocycles. The Morgan fingerprint density at radius 1 is 1.33 bits per heavy atom. The van der Waals surface area contributed by atoms with E-state index in [0.717, 1.165) is 25.7 Å². The Morgan fingerprint density at radius 3 is 2.67 bits per heavy atom. The van der Waals surface area contributed by atoms with Gasteiger partial charge in [0.05, 0.1) is 6.61 Å². The zero-order valence-electron chi connectivity index (χ0n) is 8.01. The van der Waals surface area contributed by atoms with Crippen LogP contribution >= 0.6 is 0 Å². The number of ether oxygens (including phenoxy) is 1. The predicted octanol–water partition coefficient (Wildman–Crippen LogP) is 2.69. The van der Waals surface area contributed by atoms with Gasteiger partial charge in [-0.15, -0.1) is 0 Å². The average molecular weight is 170 g/mol. The van der Waals surface area contributed by atoms with E-state index < -0.39 is 0 Å². The zero-order valence-corrected chi connectivity index (χ0v) is 8.01. The largest absolute Gasteiger partial charge is 0.463 e. The standard InChI is InChI=1S/C10H18O2/c1-3-5-7-9-12-10(11)8-6-4-2/h6,8H,3-5,7,9H2,1-2H3/b8-6+. The van der Waals surface area contributed by atoms with Gasteiger partial charge in [0.15, 0.2) is 0 Å². The van der Waals surface area contributed by atoms with Crippen molar-refractivity contribution in [1.82, 2.24) is 0 Å². The fourth-order valence-electron chi connectivity index (χ4n) is 0.787. The number of carbonyl (C=O) groups is 1. The Labute approximate surface area is 74.6 Å². The molecule has 70 valence electrons. The summed E-state index contributed by atoms with van der Waals surface area (Å²) in [5.41, 5.74) is 0. The lowest BCUT2D eigenvalue weighted by Crippen LogP contribution is -2.01. The van der Waals surface area contributed by atoms with Crippen molar-refractivity contribution in [3.05, 3.63) is 12.2 Å². The highest BCUT2D eigenvalue weighted by atomic mass is 16.5. The highest BCUT2D eigenvalue weighted by Crippen LogP contribution is 1.94. The van der Waals surface area contributed by atoms with E-state index in [9.17, 15) is 4.79 Å². The number of hydrogen-bond acceptors (Lipinski definition) is 2. The molecule has 0 unspecified atom stereocenters. The van der Waals surface area contributed by atoms with Crippen LogP contribution in [0, 0.1) is 0 Å². The first kappa shape index (κ1) is 11.2. The second-order valence-corrected chi connectivity index (χ2v) is 2.69. The number of unbranched alkanes of at least 4 members (excludes halogenated alkanes) is 2. The summed E-state index contributed by atoms with van der Waals surface area (Å²) in [6.07, 6.45) is 7.44. The van der Waals surface area contributed by atoms with Crippen LogP contribution in [0.1, 0.15) is 39.5 Å². The first-order valence-corrected chi connectivity index (χ1v) is 4.64. The van der Waals surface area contributed by atoms with E-state index >= 15 is 0 Å². The molecule has 0 atom stereocenters. The summed E-state index contributed by atoms with van der Waals surface area (Å²) in [6.45, 7) is 4.67. The minimum Gasteiger partial charge on any atom is -0.463 e. The molecule has 0 radical (unpaired) electrons. The topological polar surface area (TPSA) is 26.3 Å². The van der Waals surface area contributed by atoms with Gasteiger partial charge in [0.2, 0.25) is 0 Å². The highest BCUT2D eigenvalue weighted by molar-refractivity contribution is 5.81. The third kappa shape index (κ3) is 7.32. The van der Waals surface area contributed by atoms with Gasteiger partial charge in [-0.05, 0) is 12.8 Å². The van der Waals surface area contributed by atoms with Gasteiger partial charge in [-0.3, -0.25) is 0 Å². The molecule has 0 heterocycles. The molecule has 0 amide bonds. The van der Waals surface area contributed by atoms with Crippen molar-refractivity contribution in [3.8, 4) is 0 Å². The summed E-state index contributed by atoms with van der Waals surface area (Å²) in [7, 11) is 0. The Kier molecular flexibility index (Phi) is 7.76. The van der Waals surface area contributed by atoms with Crippen LogP contribution in [0.15, 0.2) is 12.2 Å². The smallest absolute Gasteiger partial charge is 0.330 e. The monoisotopic (exact) mass is 170 g/mol. The second-order valence-electron chi connectivity index (χ2n) is 2.69. The number of allylic oxidation sites excluding steroid dienone is 1. The third-order valence-corrected chi connectivity index (χ3v) is 1.48. The molecular formula is C10H18O2. The van der Waals surface area contributed by atoms with Crippen molar-refractivity contribution in [2.75, 3.05) is 6.61 Å². The summed E-state index contributed by atoms with van der Waals surface area (Å²) in [5.74, 6) is -0.215. The molecular weight excluding hydrogens is 152 g/mol. The van der Waals surface area contributed by atoms with Crippen LogP contribution in [-0.4, -0.2) is 12.6 Å². The lowest BCUT2D eigenvalue weighted by atomic mass is 10.3. The first-order chi connectivity index (χ1) is 5.81. The lowest BCUT2D eigenvalue weighted by Gasteiger charge is -1.99. The van der Waals surface area contributed by atoms with Crippen molar-refractivity contribution in [2.24, 2.45) is 0 Å². The molecule has 0 aromatic rings. The van der Waals surface area contributed by atoms with Crippen LogP contribution in [0.2, 0.25) is 0 Å². The Hall–Kier alpha value is -0.790. The van der Waals surface area contributed by atoms with Crippen LogP contribution in [0.25, 0.3) is 0 Å². The van der Waals surface area contributed by atoms with Gasteiger partial charge < -0.3 is 4.74 Å². The maximum absolute atomic E-state index is 10.9. The van der Waals surface area contributed by atoms with E-state index in [1.165, 1.54) is 6.08 Å². The Balaban J connectivity index is 3.25. The van der Waals surface area contributed by atoms with Gasteiger partial charge in [-0.2, -0.15) is 0 Å². The van der Waals surface area contributed by atoms with E-state index in [0.29, 0.717) is 6.61 Å². The van der Waals surface area contributed by atoms with E-state index in [2.05, 4.69) is 6.92 Å². The minimum absolute atomic E-state index is 0.215. The molecule has 0 bridgehead atoms. The maximum Gasteiger partial charge on any atom is 0.330 e. The van der Waals surface area contributed by atoms with Crippen LogP contribution in [0.4, 0.5) is 0 Å². The molecule has 0 saturated heterocycles. The third-order valence-electron chi connectivity index (χ3n) is 1.48. The van der Waals surface area contributed by atoms with Crippen molar-refractivity contribution in [1.29, 1.82) is 0 Å². The fraction of sp³-hybridized carbons (Fsp3) is 0.700. The number of carbonyl (C=O) groups excluding carboxylic acids is 1. The van der Waals surface area contributed by atoms with Crippen molar-refractivity contribution in [3.63, 3.8) is 0 Å². The molecule has 0 saturated carbocycles. The SMILES string of the molecule is CC/C=C/C(=O)OCCCCC. The summed E-state index contributed by atoms with van der Waals surface area (Å²) in [4.78, 5) is 10.9. The van der Waals surface area contributed by atoms with E-state index in [1.54, 1.807) is 0 Å². The van der Waals surface area contributed by atoms with Crippen molar-refractivity contribution >= 4 is 5.97 Å². The van der Waals surface area contributed by atoms with E-state index in [-0.39, 0.29) is 5.97 Å². The van der Waals surface area contributed by atoms with E-state index in [4.69, 9.17) is 4.74 Å². The van der Waals surface area contributed by atoms with Crippen molar-refractivity contribution < 1.29 is 9.53 Å². The van der Waals surface area contributed by atoms with Crippen LogP contribution in [-0.2, 0) is 9.53 Å². The molecule has 0 N–H and O–H groups in total. The van der Waals surface area contributed by atoms with Crippen LogP contribution in [0.5, 0.6) is 0 Å². The Bertz CT molecular complexity index is 139. The molecule has 0 aliphatic rings. The quantitative estimate of drug-likeness (QED) is 0.348. The summed E-state index contributed by atoms with van der Waals surface area (Å²) in [6, 6.07) is 0. The molecule has 0 aromatic heterocycles. The molecule has 12 heavy (non-hydrogen) atoms.